The lowest BCUT2D eigenvalue weighted by Gasteiger charge is -2.28. The van der Waals surface area contributed by atoms with Crippen LogP contribution in [0.5, 0.6) is 0 Å². The van der Waals surface area contributed by atoms with Gasteiger partial charge in [-0.25, -0.2) is 0 Å². The summed E-state index contributed by atoms with van der Waals surface area (Å²) in [5.74, 6) is -0.563. The molecule has 3 rings (SSSR count). The Labute approximate surface area is 142 Å². The van der Waals surface area contributed by atoms with E-state index in [1.54, 1.807) is 0 Å². The van der Waals surface area contributed by atoms with Crippen LogP contribution < -0.4 is 0 Å². The van der Waals surface area contributed by atoms with Crippen molar-refractivity contribution in [3.63, 3.8) is 0 Å². The first-order valence-electron chi connectivity index (χ1n) is 8.56. The first-order valence-corrected chi connectivity index (χ1v) is 8.56. The van der Waals surface area contributed by atoms with E-state index in [4.69, 9.17) is 14.2 Å². The van der Waals surface area contributed by atoms with Gasteiger partial charge in [-0.2, -0.15) is 5.10 Å². The number of aromatic nitrogens is 2. The third-order valence-corrected chi connectivity index (χ3v) is 4.46. The average Bonchev–Trinajstić information content (AvgIpc) is 3.20. The Morgan fingerprint density at radius 2 is 2.29 bits per heavy atom. The first-order chi connectivity index (χ1) is 11.3. The Balaban J connectivity index is 1.72. The summed E-state index contributed by atoms with van der Waals surface area (Å²) < 4.78 is 18.9. The summed E-state index contributed by atoms with van der Waals surface area (Å²) in [5, 5.41) is 4.37. The molecule has 0 saturated carbocycles. The number of ether oxygens (including phenoxy) is 3. The summed E-state index contributed by atoms with van der Waals surface area (Å²) in [6.45, 7) is 7.88. The predicted octanol–water partition coefficient (Wildman–Crippen LogP) is 1.39. The molecule has 1 amide bonds. The fourth-order valence-electron chi connectivity index (χ4n) is 3.32. The largest absolute Gasteiger partial charge is 0.368 e. The van der Waals surface area contributed by atoms with Gasteiger partial charge in [0.2, 0.25) is 0 Å². The molecule has 7 nitrogen and oxygen atoms in total. The SMILES string of the molecule is Cc1cc(CN(CC2COC(C)(C)O2)C(=O)C2CCCO2)n(C)n1. The summed E-state index contributed by atoms with van der Waals surface area (Å²) in [6.07, 6.45) is 1.26. The quantitative estimate of drug-likeness (QED) is 0.812. The monoisotopic (exact) mass is 337 g/mol. The highest BCUT2D eigenvalue weighted by atomic mass is 16.7. The van der Waals surface area contributed by atoms with Gasteiger partial charge in [0.25, 0.3) is 5.91 Å². The molecule has 7 heteroatoms. The van der Waals surface area contributed by atoms with Crippen molar-refractivity contribution in [2.24, 2.45) is 7.05 Å². The van der Waals surface area contributed by atoms with E-state index >= 15 is 0 Å². The van der Waals surface area contributed by atoms with Crippen LogP contribution in [0.3, 0.4) is 0 Å². The van der Waals surface area contributed by atoms with Crippen LogP contribution in [0.15, 0.2) is 6.07 Å². The molecule has 2 aliphatic rings. The van der Waals surface area contributed by atoms with Gasteiger partial charge >= 0.3 is 0 Å². The second-order valence-corrected chi connectivity index (χ2v) is 7.07. The maximum atomic E-state index is 12.9. The van der Waals surface area contributed by atoms with Crippen molar-refractivity contribution in [2.75, 3.05) is 19.8 Å². The molecule has 2 atom stereocenters. The second kappa shape index (κ2) is 6.82. The third kappa shape index (κ3) is 3.96. The Kier molecular flexibility index (Phi) is 4.94. The molecule has 3 heterocycles. The topological polar surface area (TPSA) is 65.8 Å². The van der Waals surface area contributed by atoms with E-state index < -0.39 is 5.79 Å². The Morgan fingerprint density at radius 1 is 1.50 bits per heavy atom. The molecule has 2 saturated heterocycles. The van der Waals surface area contributed by atoms with Gasteiger partial charge in [0, 0.05) is 20.2 Å². The molecule has 134 valence electrons. The van der Waals surface area contributed by atoms with Crippen LogP contribution in [-0.4, -0.2) is 58.3 Å². The van der Waals surface area contributed by atoms with Gasteiger partial charge in [0.05, 0.1) is 24.5 Å². The van der Waals surface area contributed by atoms with Gasteiger partial charge < -0.3 is 19.1 Å². The highest BCUT2D eigenvalue weighted by molar-refractivity contribution is 5.81. The number of rotatable bonds is 5. The summed E-state index contributed by atoms with van der Waals surface area (Å²) in [5.41, 5.74) is 1.94. The van der Waals surface area contributed by atoms with Gasteiger partial charge in [-0.3, -0.25) is 9.48 Å². The normalized spacial score (nSPS) is 26.0. The van der Waals surface area contributed by atoms with E-state index in [0.717, 1.165) is 24.2 Å². The Morgan fingerprint density at radius 3 is 2.83 bits per heavy atom. The zero-order valence-corrected chi connectivity index (χ0v) is 14.9. The second-order valence-electron chi connectivity index (χ2n) is 7.07. The number of hydrogen-bond donors (Lipinski definition) is 0. The first kappa shape index (κ1) is 17.4. The highest BCUT2D eigenvalue weighted by Gasteiger charge is 2.36. The van der Waals surface area contributed by atoms with E-state index in [2.05, 4.69) is 5.10 Å². The maximum absolute atomic E-state index is 12.9. The third-order valence-electron chi connectivity index (χ3n) is 4.46. The van der Waals surface area contributed by atoms with Crippen LogP contribution in [0.25, 0.3) is 0 Å². The lowest BCUT2D eigenvalue weighted by Crippen LogP contribution is -2.43. The number of nitrogens with zero attached hydrogens (tertiary/aromatic N) is 3. The molecule has 0 bridgehead atoms. The zero-order valence-electron chi connectivity index (χ0n) is 14.9. The maximum Gasteiger partial charge on any atom is 0.252 e. The average molecular weight is 337 g/mol. The zero-order chi connectivity index (χ0) is 17.3. The van der Waals surface area contributed by atoms with Crippen molar-refractivity contribution in [3.8, 4) is 0 Å². The summed E-state index contributed by atoms with van der Waals surface area (Å²) in [4.78, 5) is 14.7. The summed E-state index contributed by atoms with van der Waals surface area (Å²) >= 11 is 0. The molecule has 1 aromatic heterocycles. The summed E-state index contributed by atoms with van der Waals surface area (Å²) in [7, 11) is 1.90. The van der Waals surface area contributed by atoms with Gasteiger partial charge in [0.15, 0.2) is 5.79 Å². The van der Waals surface area contributed by atoms with Crippen LogP contribution in [0.1, 0.15) is 38.1 Å². The summed E-state index contributed by atoms with van der Waals surface area (Å²) in [6, 6.07) is 2.01. The van der Waals surface area contributed by atoms with Crippen LogP contribution in [0.2, 0.25) is 0 Å². The lowest BCUT2D eigenvalue weighted by molar-refractivity contribution is -0.151. The van der Waals surface area contributed by atoms with Crippen LogP contribution >= 0.6 is 0 Å². The molecule has 1 aromatic rings. The molecule has 0 N–H and O–H groups in total. The minimum Gasteiger partial charge on any atom is -0.368 e. The number of carbonyl (C=O) groups excluding carboxylic acids is 1. The molecule has 0 spiro atoms. The van der Waals surface area contributed by atoms with Crippen LogP contribution in [0.4, 0.5) is 0 Å². The number of amides is 1. The fourth-order valence-corrected chi connectivity index (χ4v) is 3.32. The van der Waals surface area contributed by atoms with Crippen LogP contribution in [0, 0.1) is 6.92 Å². The van der Waals surface area contributed by atoms with E-state index in [9.17, 15) is 4.79 Å². The van der Waals surface area contributed by atoms with E-state index in [1.165, 1.54) is 0 Å². The minimum atomic E-state index is -0.591. The van der Waals surface area contributed by atoms with E-state index in [1.807, 2.05) is 43.5 Å². The van der Waals surface area contributed by atoms with Crippen molar-refractivity contribution >= 4 is 5.91 Å². The molecular formula is C17H27N3O4. The molecule has 2 unspecified atom stereocenters. The molecule has 0 aliphatic carbocycles. The van der Waals surface area contributed by atoms with Crippen molar-refractivity contribution in [1.29, 1.82) is 0 Å². The van der Waals surface area contributed by atoms with Crippen molar-refractivity contribution in [3.05, 3.63) is 17.5 Å². The van der Waals surface area contributed by atoms with E-state index in [-0.39, 0.29) is 18.1 Å². The molecule has 24 heavy (non-hydrogen) atoms. The smallest absolute Gasteiger partial charge is 0.252 e. The van der Waals surface area contributed by atoms with Crippen LogP contribution in [-0.2, 0) is 32.6 Å². The van der Waals surface area contributed by atoms with Crippen molar-refractivity contribution in [1.82, 2.24) is 14.7 Å². The van der Waals surface area contributed by atoms with Crippen molar-refractivity contribution < 1.29 is 19.0 Å². The fraction of sp³-hybridized carbons (Fsp3) is 0.765. The standard InChI is InChI=1S/C17H27N3O4/c1-12-8-13(19(4)18-12)9-20(16(21)15-6-5-7-22-15)10-14-11-23-17(2,3)24-14/h8,14-15H,5-7,9-11H2,1-4H3. The molecule has 0 radical (unpaired) electrons. The van der Waals surface area contributed by atoms with Gasteiger partial charge in [-0.05, 0) is 39.7 Å². The molecule has 2 aliphatic heterocycles. The number of carbonyl (C=O) groups is 1. The number of aryl methyl sites for hydroxylation is 2. The molecule has 2 fully saturated rings. The lowest BCUT2D eigenvalue weighted by atomic mass is 10.2. The Bertz CT molecular complexity index is 593. The Hall–Kier alpha value is -1.44. The molecular weight excluding hydrogens is 310 g/mol. The van der Waals surface area contributed by atoms with Gasteiger partial charge in [-0.1, -0.05) is 0 Å². The highest BCUT2D eigenvalue weighted by Crippen LogP contribution is 2.24. The van der Waals surface area contributed by atoms with E-state index in [0.29, 0.717) is 26.3 Å². The van der Waals surface area contributed by atoms with Gasteiger partial charge in [0.1, 0.15) is 12.2 Å². The predicted molar refractivity (Wildman–Crippen MR) is 87.2 cm³/mol. The number of hydrogen-bond acceptors (Lipinski definition) is 5. The minimum absolute atomic E-state index is 0.0275. The van der Waals surface area contributed by atoms with Crippen molar-refractivity contribution in [2.45, 2.75) is 58.2 Å². The molecule has 0 aromatic carbocycles. The van der Waals surface area contributed by atoms with Gasteiger partial charge in [-0.15, -0.1) is 0 Å².